The van der Waals surface area contributed by atoms with Crippen molar-refractivity contribution in [3.63, 3.8) is 0 Å². The number of methoxy groups -OCH3 is 1. The van der Waals surface area contributed by atoms with Crippen LogP contribution in [0.3, 0.4) is 0 Å². The van der Waals surface area contributed by atoms with Crippen LogP contribution in [0.2, 0.25) is 0 Å². The van der Waals surface area contributed by atoms with Crippen LogP contribution in [0.5, 0.6) is 0 Å². The Bertz CT molecular complexity index is 411. The van der Waals surface area contributed by atoms with Crippen LogP contribution in [0, 0.1) is 0 Å². The molecule has 126 valence electrons. The van der Waals surface area contributed by atoms with Gasteiger partial charge in [-0.25, -0.2) is 9.59 Å². The molecular weight excluding hydrogens is 290 g/mol. The second-order valence-corrected chi connectivity index (χ2v) is 6.15. The van der Waals surface area contributed by atoms with Crippen molar-refractivity contribution in [2.45, 2.75) is 45.3 Å². The number of hydrogen-bond donors (Lipinski definition) is 2. The average Bonchev–Trinajstić information content (AvgIpc) is 2.43. The molecule has 0 aliphatic carbocycles. The van der Waals surface area contributed by atoms with Crippen molar-refractivity contribution < 1.29 is 23.9 Å². The third kappa shape index (κ3) is 6.64. The second-order valence-electron chi connectivity index (χ2n) is 6.15. The summed E-state index contributed by atoms with van der Waals surface area (Å²) in [6, 6.07) is -0.00570. The molecule has 8 nitrogen and oxygen atoms in total. The van der Waals surface area contributed by atoms with Gasteiger partial charge >= 0.3 is 12.2 Å². The smallest absolute Gasteiger partial charge is 0.409 e. The van der Waals surface area contributed by atoms with Crippen molar-refractivity contribution in [2.75, 3.05) is 26.7 Å². The maximum Gasteiger partial charge on any atom is 0.409 e. The van der Waals surface area contributed by atoms with Gasteiger partial charge in [-0.3, -0.25) is 4.79 Å². The molecule has 0 bridgehead atoms. The quantitative estimate of drug-likeness (QED) is 0.805. The molecule has 1 aliphatic rings. The number of alkyl carbamates (subject to hydrolysis) is 1. The van der Waals surface area contributed by atoms with Crippen LogP contribution in [-0.4, -0.2) is 61.4 Å². The van der Waals surface area contributed by atoms with Crippen molar-refractivity contribution in [1.82, 2.24) is 15.5 Å². The molecule has 0 atom stereocenters. The lowest BCUT2D eigenvalue weighted by Crippen LogP contribution is -2.49. The predicted octanol–water partition coefficient (Wildman–Crippen LogP) is 0.858. The SMILES string of the molecule is COC(=O)N1CCC(NC(=O)CNC(=O)OC(C)(C)C)CC1. The first-order valence-corrected chi connectivity index (χ1v) is 7.30. The summed E-state index contributed by atoms with van der Waals surface area (Å²) in [5.41, 5.74) is -0.596. The number of amides is 3. The standard InChI is InChI=1S/C14H25N3O5/c1-14(2,3)22-12(19)15-9-11(18)16-10-5-7-17(8-6-10)13(20)21-4/h10H,5-9H2,1-4H3,(H,15,19)(H,16,18). The zero-order chi connectivity index (χ0) is 16.8. The van der Waals surface area contributed by atoms with E-state index in [0.717, 1.165) is 0 Å². The highest BCUT2D eigenvalue weighted by atomic mass is 16.6. The molecular formula is C14H25N3O5. The predicted molar refractivity (Wildman–Crippen MR) is 79.4 cm³/mol. The summed E-state index contributed by atoms with van der Waals surface area (Å²) in [6.07, 6.45) is 0.347. The number of ether oxygens (including phenoxy) is 2. The molecule has 1 aliphatic heterocycles. The molecule has 0 aromatic heterocycles. The summed E-state index contributed by atoms with van der Waals surface area (Å²) in [5.74, 6) is -0.276. The summed E-state index contributed by atoms with van der Waals surface area (Å²) < 4.78 is 9.69. The molecule has 1 rings (SSSR count). The highest BCUT2D eigenvalue weighted by Crippen LogP contribution is 2.11. The Labute approximate surface area is 130 Å². The largest absolute Gasteiger partial charge is 0.453 e. The van der Waals surface area contributed by atoms with Crippen molar-refractivity contribution >= 4 is 18.1 Å². The maximum absolute atomic E-state index is 11.8. The van der Waals surface area contributed by atoms with Crippen LogP contribution < -0.4 is 10.6 Å². The van der Waals surface area contributed by atoms with Gasteiger partial charge in [-0.05, 0) is 33.6 Å². The van der Waals surface area contributed by atoms with Crippen LogP contribution in [0.15, 0.2) is 0 Å². The van der Waals surface area contributed by atoms with E-state index in [1.54, 1.807) is 25.7 Å². The monoisotopic (exact) mass is 315 g/mol. The lowest BCUT2D eigenvalue weighted by Gasteiger charge is -2.31. The van der Waals surface area contributed by atoms with E-state index >= 15 is 0 Å². The molecule has 2 N–H and O–H groups in total. The van der Waals surface area contributed by atoms with Crippen LogP contribution in [0.1, 0.15) is 33.6 Å². The number of piperidine rings is 1. The molecule has 1 heterocycles. The van der Waals surface area contributed by atoms with Gasteiger partial charge in [0.1, 0.15) is 12.1 Å². The summed E-state index contributed by atoms with van der Waals surface area (Å²) >= 11 is 0. The average molecular weight is 315 g/mol. The van der Waals surface area contributed by atoms with Crippen LogP contribution in [-0.2, 0) is 14.3 Å². The van der Waals surface area contributed by atoms with Crippen LogP contribution >= 0.6 is 0 Å². The number of hydrogen-bond acceptors (Lipinski definition) is 5. The number of carbonyl (C=O) groups excluding carboxylic acids is 3. The normalized spacial score (nSPS) is 15.9. The van der Waals surface area contributed by atoms with Crippen molar-refractivity contribution in [2.24, 2.45) is 0 Å². The van der Waals surface area contributed by atoms with Crippen LogP contribution in [0.4, 0.5) is 9.59 Å². The van der Waals surface area contributed by atoms with Gasteiger partial charge in [0.05, 0.1) is 7.11 Å². The van der Waals surface area contributed by atoms with Gasteiger partial charge in [-0.1, -0.05) is 0 Å². The lowest BCUT2D eigenvalue weighted by molar-refractivity contribution is -0.121. The van der Waals surface area contributed by atoms with E-state index in [1.807, 2.05) is 0 Å². The van der Waals surface area contributed by atoms with Gasteiger partial charge in [0, 0.05) is 19.1 Å². The van der Waals surface area contributed by atoms with E-state index in [0.29, 0.717) is 25.9 Å². The first-order valence-electron chi connectivity index (χ1n) is 7.30. The number of carbonyl (C=O) groups is 3. The first kappa shape index (κ1) is 18.1. The van der Waals surface area contributed by atoms with E-state index in [9.17, 15) is 14.4 Å². The van der Waals surface area contributed by atoms with Crippen molar-refractivity contribution in [3.8, 4) is 0 Å². The molecule has 1 fully saturated rings. The number of rotatable bonds is 3. The zero-order valence-corrected chi connectivity index (χ0v) is 13.6. The Morgan fingerprint density at radius 3 is 2.27 bits per heavy atom. The number of nitrogens with one attached hydrogen (secondary N) is 2. The summed E-state index contributed by atoms with van der Waals surface area (Å²) in [6.45, 7) is 6.20. The molecule has 3 amide bonds. The van der Waals surface area contributed by atoms with E-state index in [2.05, 4.69) is 15.4 Å². The molecule has 0 spiro atoms. The van der Waals surface area contributed by atoms with Crippen LogP contribution in [0.25, 0.3) is 0 Å². The minimum Gasteiger partial charge on any atom is -0.453 e. The Morgan fingerprint density at radius 2 is 1.77 bits per heavy atom. The summed E-state index contributed by atoms with van der Waals surface area (Å²) in [7, 11) is 1.35. The molecule has 0 aromatic carbocycles. The number of nitrogens with zero attached hydrogens (tertiary/aromatic N) is 1. The zero-order valence-electron chi connectivity index (χ0n) is 13.6. The Hall–Kier alpha value is -1.99. The van der Waals surface area contributed by atoms with E-state index in [1.165, 1.54) is 7.11 Å². The fraction of sp³-hybridized carbons (Fsp3) is 0.786. The third-order valence-corrected chi connectivity index (χ3v) is 3.09. The Morgan fingerprint density at radius 1 is 1.18 bits per heavy atom. The Balaban J connectivity index is 2.24. The van der Waals surface area contributed by atoms with Gasteiger partial charge < -0.3 is 25.0 Å². The minimum absolute atomic E-state index is 0.00570. The molecule has 0 radical (unpaired) electrons. The number of likely N-dealkylation sites (tertiary alicyclic amines) is 1. The first-order chi connectivity index (χ1) is 10.2. The molecule has 0 unspecified atom stereocenters. The molecule has 8 heteroatoms. The molecule has 1 saturated heterocycles. The molecule has 22 heavy (non-hydrogen) atoms. The van der Waals surface area contributed by atoms with Gasteiger partial charge in [0.2, 0.25) is 5.91 Å². The van der Waals surface area contributed by atoms with Crippen molar-refractivity contribution in [3.05, 3.63) is 0 Å². The third-order valence-electron chi connectivity index (χ3n) is 3.09. The minimum atomic E-state index is -0.622. The summed E-state index contributed by atoms with van der Waals surface area (Å²) in [4.78, 5) is 36.1. The van der Waals surface area contributed by atoms with Gasteiger partial charge in [-0.15, -0.1) is 0 Å². The lowest BCUT2D eigenvalue weighted by atomic mass is 10.1. The van der Waals surface area contributed by atoms with E-state index in [-0.39, 0.29) is 24.6 Å². The second kappa shape index (κ2) is 7.86. The highest BCUT2D eigenvalue weighted by molar-refractivity contribution is 5.82. The topological polar surface area (TPSA) is 97.0 Å². The molecule has 0 aromatic rings. The fourth-order valence-corrected chi connectivity index (χ4v) is 2.08. The van der Waals surface area contributed by atoms with Gasteiger partial charge in [-0.2, -0.15) is 0 Å². The van der Waals surface area contributed by atoms with Gasteiger partial charge in [0.25, 0.3) is 0 Å². The fourth-order valence-electron chi connectivity index (χ4n) is 2.08. The highest BCUT2D eigenvalue weighted by Gasteiger charge is 2.24. The Kier molecular flexibility index (Phi) is 6.45. The van der Waals surface area contributed by atoms with Gasteiger partial charge in [0.15, 0.2) is 0 Å². The van der Waals surface area contributed by atoms with Crippen molar-refractivity contribution in [1.29, 1.82) is 0 Å². The summed E-state index contributed by atoms with van der Waals surface area (Å²) in [5, 5.41) is 5.23. The van der Waals surface area contributed by atoms with E-state index < -0.39 is 11.7 Å². The maximum atomic E-state index is 11.8. The molecule has 0 saturated carbocycles. The van der Waals surface area contributed by atoms with E-state index in [4.69, 9.17) is 4.74 Å².